The summed E-state index contributed by atoms with van der Waals surface area (Å²) < 4.78 is 5.64. The van der Waals surface area contributed by atoms with E-state index in [0.717, 1.165) is 11.3 Å². The maximum atomic E-state index is 5.64. The van der Waals surface area contributed by atoms with Crippen molar-refractivity contribution in [3.05, 3.63) is 60.4 Å². The van der Waals surface area contributed by atoms with Crippen LogP contribution in [0, 0.1) is 0 Å². The molecule has 2 aromatic rings. The highest BCUT2D eigenvalue weighted by Crippen LogP contribution is 2.14. The van der Waals surface area contributed by atoms with Gasteiger partial charge in [-0.1, -0.05) is 24.3 Å². The quantitative estimate of drug-likeness (QED) is 0.604. The van der Waals surface area contributed by atoms with Crippen LogP contribution in [0.3, 0.4) is 0 Å². The summed E-state index contributed by atoms with van der Waals surface area (Å²) in [5.41, 5.74) is 3.73. The van der Waals surface area contributed by atoms with Gasteiger partial charge in [-0.2, -0.15) is 0 Å². The first-order valence-electron chi connectivity index (χ1n) is 5.44. The second-order valence-electron chi connectivity index (χ2n) is 3.63. The van der Waals surface area contributed by atoms with E-state index in [2.05, 4.69) is 10.4 Å². The molecule has 0 radical (unpaired) electrons. The zero-order valence-electron chi connectivity index (χ0n) is 9.41. The van der Waals surface area contributed by atoms with Gasteiger partial charge in [0.05, 0.1) is 6.04 Å². The Balaban J connectivity index is 1.97. The molecule has 1 heterocycles. The van der Waals surface area contributed by atoms with Crippen LogP contribution in [0.2, 0.25) is 0 Å². The number of aromatic nitrogens is 1. The first kappa shape index (κ1) is 11.6. The molecule has 0 aliphatic rings. The summed E-state index contributed by atoms with van der Waals surface area (Å²) >= 11 is 0. The summed E-state index contributed by atoms with van der Waals surface area (Å²) in [6.07, 6.45) is 3.51. The maximum absolute atomic E-state index is 5.64. The van der Waals surface area contributed by atoms with Gasteiger partial charge in [0.1, 0.15) is 12.4 Å². The molecule has 1 unspecified atom stereocenters. The number of ether oxygens (including phenoxy) is 1. The zero-order valence-corrected chi connectivity index (χ0v) is 9.41. The van der Waals surface area contributed by atoms with Crippen LogP contribution in [-0.2, 0) is 0 Å². The van der Waals surface area contributed by atoms with Gasteiger partial charge in [0.15, 0.2) is 0 Å². The molecule has 0 fully saturated rings. The number of nitrogens with two attached hydrogens (primary N) is 1. The fourth-order valence-corrected chi connectivity index (χ4v) is 1.52. The maximum Gasteiger partial charge on any atom is 0.119 e. The Kier molecular flexibility index (Phi) is 4.07. The molecule has 0 saturated carbocycles. The molecule has 0 saturated heterocycles. The van der Waals surface area contributed by atoms with E-state index < -0.39 is 0 Å². The Hall–Kier alpha value is -1.91. The number of pyridine rings is 1. The molecule has 88 valence electrons. The summed E-state index contributed by atoms with van der Waals surface area (Å²) in [5, 5.41) is 0. The number of nitrogens with zero attached hydrogens (tertiary/aromatic N) is 1. The van der Waals surface area contributed by atoms with Crippen molar-refractivity contribution in [3.63, 3.8) is 0 Å². The second kappa shape index (κ2) is 5.98. The topological polar surface area (TPSA) is 60.2 Å². The van der Waals surface area contributed by atoms with Crippen molar-refractivity contribution in [2.45, 2.75) is 6.04 Å². The highest BCUT2D eigenvalue weighted by Gasteiger charge is 2.10. The third kappa shape index (κ3) is 3.27. The van der Waals surface area contributed by atoms with Crippen molar-refractivity contribution in [2.24, 2.45) is 5.84 Å². The van der Waals surface area contributed by atoms with Gasteiger partial charge in [-0.3, -0.25) is 10.8 Å². The van der Waals surface area contributed by atoms with Gasteiger partial charge < -0.3 is 4.74 Å². The van der Waals surface area contributed by atoms with E-state index in [4.69, 9.17) is 10.6 Å². The van der Waals surface area contributed by atoms with E-state index >= 15 is 0 Å². The van der Waals surface area contributed by atoms with Gasteiger partial charge in [0.2, 0.25) is 0 Å². The lowest BCUT2D eigenvalue weighted by molar-refractivity contribution is 0.267. The fourth-order valence-electron chi connectivity index (χ4n) is 1.52. The number of benzene rings is 1. The Labute approximate surface area is 100 Å². The predicted octanol–water partition coefficient (Wildman–Crippen LogP) is 1.66. The van der Waals surface area contributed by atoms with Crippen LogP contribution in [0.4, 0.5) is 0 Å². The largest absolute Gasteiger partial charge is 0.492 e. The van der Waals surface area contributed by atoms with Crippen LogP contribution in [0.25, 0.3) is 0 Å². The van der Waals surface area contributed by atoms with Crippen molar-refractivity contribution in [1.29, 1.82) is 0 Å². The van der Waals surface area contributed by atoms with Crippen molar-refractivity contribution >= 4 is 0 Å². The number of para-hydroxylation sites is 1. The van der Waals surface area contributed by atoms with E-state index in [-0.39, 0.29) is 6.04 Å². The smallest absolute Gasteiger partial charge is 0.119 e. The summed E-state index contributed by atoms with van der Waals surface area (Å²) in [5.74, 6) is 6.34. The second-order valence-corrected chi connectivity index (χ2v) is 3.63. The lowest BCUT2D eigenvalue weighted by atomic mass is 10.1. The van der Waals surface area contributed by atoms with Gasteiger partial charge >= 0.3 is 0 Å². The van der Waals surface area contributed by atoms with Gasteiger partial charge in [0, 0.05) is 12.4 Å². The first-order chi connectivity index (χ1) is 8.40. The molecule has 0 aliphatic heterocycles. The van der Waals surface area contributed by atoms with E-state index in [1.54, 1.807) is 12.4 Å². The Morgan fingerprint density at radius 3 is 2.65 bits per heavy atom. The molecule has 2 rings (SSSR count). The van der Waals surface area contributed by atoms with Gasteiger partial charge in [0.25, 0.3) is 0 Å². The van der Waals surface area contributed by atoms with Crippen LogP contribution in [-0.4, -0.2) is 11.6 Å². The van der Waals surface area contributed by atoms with Crippen LogP contribution in [0.5, 0.6) is 5.75 Å². The van der Waals surface area contributed by atoms with Crippen LogP contribution in [0.1, 0.15) is 11.6 Å². The normalized spacial score (nSPS) is 12.1. The number of hydrogen-bond acceptors (Lipinski definition) is 4. The van der Waals surface area contributed by atoms with E-state index in [9.17, 15) is 0 Å². The summed E-state index contributed by atoms with van der Waals surface area (Å²) in [7, 11) is 0. The van der Waals surface area contributed by atoms with Crippen molar-refractivity contribution in [2.75, 3.05) is 6.61 Å². The molecular formula is C13H15N3O. The third-order valence-electron chi connectivity index (χ3n) is 2.45. The minimum atomic E-state index is -0.0658. The average Bonchev–Trinajstić information content (AvgIpc) is 2.42. The van der Waals surface area contributed by atoms with E-state index in [1.165, 1.54) is 0 Å². The average molecular weight is 229 g/mol. The molecule has 0 spiro atoms. The SMILES string of the molecule is NNC(COc1ccccc1)c1cccnc1. The third-order valence-corrected chi connectivity index (χ3v) is 2.45. The van der Waals surface area contributed by atoms with Crippen LogP contribution < -0.4 is 16.0 Å². The summed E-state index contributed by atoms with van der Waals surface area (Å²) in [6, 6.07) is 13.4. The molecule has 3 N–H and O–H groups in total. The molecule has 0 bridgehead atoms. The molecule has 1 aromatic carbocycles. The van der Waals surface area contributed by atoms with Gasteiger partial charge in [-0.05, 0) is 23.8 Å². The van der Waals surface area contributed by atoms with Crippen LogP contribution in [0.15, 0.2) is 54.9 Å². The van der Waals surface area contributed by atoms with Crippen molar-refractivity contribution in [1.82, 2.24) is 10.4 Å². The fraction of sp³-hybridized carbons (Fsp3) is 0.154. The Morgan fingerprint density at radius 1 is 1.18 bits per heavy atom. The van der Waals surface area contributed by atoms with Crippen molar-refractivity contribution in [3.8, 4) is 5.75 Å². The zero-order chi connectivity index (χ0) is 11.9. The van der Waals surface area contributed by atoms with E-state index in [0.29, 0.717) is 6.61 Å². The number of hydrogen-bond donors (Lipinski definition) is 2. The number of hydrazine groups is 1. The Morgan fingerprint density at radius 2 is 2.00 bits per heavy atom. The monoisotopic (exact) mass is 229 g/mol. The molecule has 1 atom stereocenters. The molecule has 4 heteroatoms. The molecule has 0 aliphatic carbocycles. The first-order valence-corrected chi connectivity index (χ1v) is 5.44. The highest BCUT2D eigenvalue weighted by molar-refractivity contribution is 5.21. The van der Waals surface area contributed by atoms with Gasteiger partial charge in [-0.25, -0.2) is 5.43 Å². The lowest BCUT2D eigenvalue weighted by Crippen LogP contribution is -2.32. The number of rotatable bonds is 5. The minimum absolute atomic E-state index is 0.0658. The lowest BCUT2D eigenvalue weighted by Gasteiger charge is -2.16. The van der Waals surface area contributed by atoms with Crippen LogP contribution >= 0.6 is 0 Å². The molecule has 1 aromatic heterocycles. The standard InChI is InChI=1S/C13H15N3O/c14-16-13(11-5-4-8-15-9-11)10-17-12-6-2-1-3-7-12/h1-9,13,16H,10,14H2. The van der Waals surface area contributed by atoms with Crippen molar-refractivity contribution < 1.29 is 4.74 Å². The molecular weight excluding hydrogens is 214 g/mol. The van der Waals surface area contributed by atoms with E-state index in [1.807, 2.05) is 42.5 Å². The molecule has 0 amide bonds. The summed E-state index contributed by atoms with van der Waals surface area (Å²) in [6.45, 7) is 0.464. The predicted molar refractivity (Wildman–Crippen MR) is 66.2 cm³/mol. The van der Waals surface area contributed by atoms with Gasteiger partial charge in [-0.15, -0.1) is 0 Å². The molecule has 17 heavy (non-hydrogen) atoms. The minimum Gasteiger partial charge on any atom is -0.492 e. The number of nitrogens with one attached hydrogen (secondary N) is 1. The molecule has 4 nitrogen and oxygen atoms in total. The summed E-state index contributed by atoms with van der Waals surface area (Å²) in [4.78, 5) is 4.06. The highest BCUT2D eigenvalue weighted by atomic mass is 16.5. The Bertz CT molecular complexity index is 433.